The Balaban J connectivity index is 2.86. The second kappa shape index (κ2) is 3.77. The smallest absolute Gasteiger partial charge is 0.149 e. The molecule has 0 amide bonds. The Morgan fingerprint density at radius 2 is 2.33 bits per heavy atom. The predicted octanol–water partition coefficient (Wildman–Crippen LogP) is 2.18. The maximum Gasteiger partial charge on any atom is 0.149 e. The fraction of sp³-hybridized carbons (Fsp3) is 0.200. The Morgan fingerprint density at radius 3 is 3.00 bits per heavy atom. The highest BCUT2D eigenvalue weighted by Crippen LogP contribution is 2.16. The number of nitrogens with one attached hydrogen (secondary N) is 1. The number of hydrogen-bond acceptors (Lipinski definition) is 1. The van der Waals surface area contributed by atoms with Gasteiger partial charge in [0.25, 0.3) is 0 Å². The first-order chi connectivity index (χ1) is 5.75. The van der Waals surface area contributed by atoms with E-state index in [2.05, 4.69) is 11.2 Å². The van der Waals surface area contributed by atoms with E-state index in [1.807, 2.05) is 0 Å². The molecular formula is C10H10FN. The first-order valence-corrected chi connectivity index (χ1v) is 3.68. The van der Waals surface area contributed by atoms with Crippen LogP contribution in [0.1, 0.15) is 5.56 Å². The molecule has 0 spiro atoms. The minimum absolute atomic E-state index is 0.229. The van der Waals surface area contributed by atoms with Crippen molar-refractivity contribution < 1.29 is 4.39 Å². The number of anilines is 1. The molecule has 0 aliphatic rings. The molecule has 0 aliphatic carbocycles. The molecule has 0 saturated carbocycles. The zero-order valence-electron chi connectivity index (χ0n) is 6.89. The predicted molar refractivity (Wildman–Crippen MR) is 48.5 cm³/mol. The molecule has 1 N–H and O–H groups in total. The SMILES string of the molecule is C#CCNc1cccc(C)c1F. The fourth-order valence-electron chi connectivity index (χ4n) is 0.930. The van der Waals surface area contributed by atoms with Crippen LogP contribution in [0.15, 0.2) is 18.2 Å². The minimum Gasteiger partial charge on any atom is -0.372 e. The van der Waals surface area contributed by atoms with Gasteiger partial charge in [-0.3, -0.25) is 0 Å². The van der Waals surface area contributed by atoms with Crippen molar-refractivity contribution in [2.75, 3.05) is 11.9 Å². The van der Waals surface area contributed by atoms with Gasteiger partial charge in [-0.25, -0.2) is 4.39 Å². The van der Waals surface area contributed by atoms with E-state index in [9.17, 15) is 4.39 Å². The number of hydrogen-bond donors (Lipinski definition) is 1. The van der Waals surface area contributed by atoms with Crippen LogP contribution in [0.3, 0.4) is 0 Å². The van der Waals surface area contributed by atoms with E-state index in [4.69, 9.17) is 6.42 Å². The molecule has 12 heavy (non-hydrogen) atoms. The van der Waals surface area contributed by atoms with Gasteiger partial charge in [-0.2, -0.15) is 0 Å². The van der Waals surface area contributed by atoms with Crippen LogP contribution in [0.4, 0.5) is 10.1 Å². The van der Waals surface area contributed by atoms with Gasteiger partial charge >= 0.3 is 0 Å². The van der Waals surface area contributed by atoms with Gasteiger partial charge in [0, 0.05) is 0 Å². The molecule has 0 bridgehead atoms. The van der Waals surface area contributed by atoms with Gasteiger partial charge in [-0.1, -0.05) is 18.1 Å². The largest absolute Gasteiger partial charge is 0.372 e. The number of aryl methyl sites for hydroxylation is 1. The van der Waals surface area contributed by atoms with Gasteiger partial charge in [0.2, 0.25) is 0 Å². The van der Waals surface area contributed by atoms with Crippen LogP contribution in [0.5, 0.6) is 0 Å². The van der Waals surface area contributed by atoms with Crippen LogP contribution in [0.2, 0.25) is 0 Å². The van der Waals surface area contributed by atoms with Crippen molar-refractivity contribution >= 4 is 5.69 Å². The van der Waals surface area contributed by atoms with Gasteiger partial charge in [-0.05, 0) is 18.6 Å². The summed E-state index contributed by atoms with van der Waals surface area (Å²) in [5, 5.41) is 2.79. The van der Waals surface area contributed by atoms with Gasteiger partial charge < -0.3 is 5.32 Å². The molecule has 0 radical (unpaired) electrons. The molecule has 0 unspecified atom stereocenters. The van der Waals surface area contributed by atoms with E-state index in [0.29, 0.717) is 17.8 Å². The van der Waals surface area contributed by atoms with Crippen molar-refractivity contribution in [2.45, 2.75) is 6.92 Å². The fourth-order valence-corrected chi connectivity index (χ4v) is 0.930. The monoisotopic (exact) mass is 163 g/mol. The first kappa shape index (κ1) is 8.61. The van der Waals surface area contributed by atoms with E-state index in [1.165, 1.54) is 0 Å². The maximum absolute atomic E-state index is 13.2. The topological polar surface area (TPSA) is 12.0 Å². The standard InChI is InChI=1S/C10H10FN/c1-3-7-12-9-6-4-5-8(2)10(9)11/h1,4-6,12H,7H2,2H3. The number of benzene rings is 1. The summed E-state index contributed by atoms with van der Waals surface area (Å²) in [5.41, 5.74) is 1.09. The highest BCUT2D eigenvalue weighted by atomic mass is 19.1. The van der Waals surface area contributed by atoms with Crippen LogP contribution in [0.25, 0.3) is 0 Å². The van der Waals surface area contributed by atoms with Crippen LogP contribution < -0.4 is 5.32 Å². The molecule has 0 fully saturated rings. The quantitative estimate of drug-likeness (QED) is 0.659. The lowest BCUT2D eigenvalue weighted by Crippen LogP contribution is -2.01. The third-order valence-electron chi connectivity index (χ3n) is 1.57. The molecule has 1 rings (SSSR count). The van der Waals surface area contributed by atoms with Crippen LogP contribution in [-0.2, 0) is 0 Å². The molecule has 1 aromatic rings. The van der Waals surface area contributed by atoms with E-state index in [-0.39, 0.29) is 5.82 Å². The second-order valence-corrected chi connectivity index (χ2v) is 2.49. The maximum atomic E-state index is 13.2. The van der Waals surface area contributed by atoms with Crippen LogP contribution >= 0.6 is 0 Å². The van der Waals surface area contributed by atoms with Gasteiger partial charge in [0.05, 0.1) is 12.2 Å². The molecule has 0 heterocycles. The van der Waals surface area contributed by atoms with E-state index in [0.717, 1.165) is 0 Å². The zero-order valence-corrected chi connectivity index (χ0v) is 6.89. The Hall–Kier alpha value is -1.49. The van der Waals surface area contributed by atoms with Crippen LogP contribution in [0, 0.1) is 25.1 Å². The van der Waals surface area contributed by atoms with Gasteiger partial charge in [0.15, 0.2) is 0 Å². The van der Waals surface area contributed by atoms with Crippen molar-refractivity contribution in [2.24, 2.45) is 0 Å². The normalized spacial score (nSPS) is 9.08. The Kier molecular flexibility index (Phi) is 2.71. The molecule has 2 heteroatoms. The lowest BCUT2D eigenvalue weighted by atomic mass is 10.2. The third-order valence-corrected chi connectivity index (χ3v) is 1.57. The minimum atomic E-state index is -0.229. The molecule has 0 saturated heterocycles. The van der Waals surface area contributed by atoms with Gasteiger partial charge in [-0.15, -0.1) is 6.42 Å². The second-order valence-electron chi connectivity index (χ2n) is 2.49. The summed E-state index contributed by atoms with van der Waals surface area (Å²) in [4.78, 5) is 0. The summed E-state index contributed by atoms with van der Waals surface area (Å²) in [5.74, 6) is 2.16. The number of terminal acetylenes is 1. The lowest BCUT2D eigenvalue weighted by Gasteiger charge is -2.05. The molecule has 1 aromatic carbocycles. The summed E-state index contributed by atoms with van der Waals surface area (Å²) in [6, 6.07) is 5.17. The summed E-state index contributed by atoms with van der Waals surface area (Å²) >= 11 is 0. The lowest BCUT2D eigenvalue weighted by molar-refractivity contribution is 0.622. The number of halogens is 1. The van der Waals surface area contributed by atoms with Gasteiger partial charge in [0.1, 0.15) is 5.82 Å². The van der Waals surface area contributed by atoms with Crippen molar-refractivity contribution in [3.05, 3.63) is 29.6 Å². The van der Waals surface area contributed by atoms with E-state index in [1.54, 1.807) is 25.1 Å². The number of rotatable bonds is 2. The summed E-state index contributed by atoms with van der Waals surface area (Å²) in [6.07, 6.45) is 5.03. The molecule has 1 nitrogen and oxygen atoms in total. The Labute approximate surface area is 71.6 Å². The average Bonchev–Trinajstić information content (AvgIpc) is 2.08. The van der Waals surface area contributed by atoms with E-state index >= 15 is 0 Å². The van der Waals surface area contributed by atoms with Crippen molar-refractivity contribution in [1.82, 2.24) is 0 Å². The van der Waals surface area contributed by atoms with Crippen molar-refractivity contribution in [1.29, 1.82) is 0 Å². The third kappa shape index (κ3) is 1.76. The summed E-state index contributed by atoms with van der Waals surface area (Å²) < 4.78 is 13.2. The van der Waals surface area contributed by atoms with E-state index < -0.39 is 0 Å². The first-order valence-electron chi connectivity index (χ1n) is 3.68. The molecule has 0 aliphatic heterocycles. The van der Waals surface area contributed by atoms with Crippen molar-refractivity contribution in [3.63, 3.8) is 0 Å². The zero-order chi connectivity index (χ0) is 8.97. The molecule has 62 valence electrons. The summed E-state index contributed by atoms with van der Waals surface area (Å²) in [7, 11) is 0. The molecular weight excluding hydrogens is 153 g/mol. The highest BCUT2D eigenvalue weighted by Gasteiger charge is 2.01. The van der Waals surface area contributed by atoms with Crippen molar-refractivity contribution in [3.8, 4) is 12.3 Å². The molecule has 0 atom stereocenters. The average molecular weight is 163 g/mol. The Bertz CT molecular complexity index is 312. The highest BCUT2D eigenvalue weighted by molar-refractivity contribution is 5.48. The summed E-state index contributed by atoms with van der Waals surface area (Å²) in [6.45, 7) is 2.07. The van der Waals surface area contributed by atoms with Crippen LogP contribution in [-0.4, -0.2) is 6.54 Å². The molecule has 0 aromatic heterocycles. The Morgan fingerprint density at radius 1 is 1.58 bits per heavy atom.